The van der Waals surface area contributed by atoms with Crippen LogP contribution >= 0.6 is 0 Å². The van der Waals surface area contributed by atoms with Crippen molar-refractivity contribution in [2.45, 2.75) is 46.1 Å². The summed E-state index contributed by atoms with van der Waals surface area (Å²) in [6, 6.07) is 3.57. The number of rotatable bonds is 5. The molecule has 0 unspecified atom stereocenters. The Kier molecular flexibility index (Phi) is 4.82. The van der Waals surface area contributed by atoms with Gasteiger partial charge in [0.05, 0.1) is 11.1 Å². The molecule has 5 nitrogen and oxygen atoms in total. The van der Waals surface area contributed by atoms with Gasteiger partial charge in [-0.3, -0.25) is 0 Å². The van der Waals surface area contributed by atoms with E-state index in [0.717, 1.165) is 34.1 Å². The molecule has 0 aliphatic heterocycles. The lowest BCUT2D eigenvalue weighted by atomic mass is 9.84. The Morgan fingerprint density at radius 2 is 1.87 bits per heavy atom. The maximum atomic E-state index is 11.6. The van der Waals surface area contributed by atoms with Crippen LogP contribution in [0.15, 0.2) is 12.1 Å². The van der Waals surface area contributed by atoms with Gasteiger partial charge in [0, 0.05) is 24.2 Å². The van der Waals surface area contributed by atoms with Crippen LogP contribution in [0, 0.1) is 6.92 Å². The van der Waals surface area contributed by atoms with Crippen molar-refractivity contribution < 1.29 is 9.90 Å². The molecule has 2 aromatic rings. The molecule has 0 fully saturated rings. The number of nitrogens with two attached hydrogens (primary N) is 2. The number of carbonyl (C=O) groups is 1. The summed E-state index contributed by atoms with van der Waals surface area (Å²) in [7, 11) is 0. The standard InChI is InChI=1S/C18H27N3O2/c1-11-13(5-6-19)14-9-12(17(22)23)10-15(18(2,3)4)16(14)21(11)8-7-20/h9-10H,5-8,19-20H2,1-4H3,(H,22,23). The molecule has 23 heavy (non-hydrogen) atoms. The normalized spacial score (nSPS) is 12.1. The molecule has 2 rings (SSSR count). The third kappa shape index (κ3) is 3.12. The molecule has 0 atom stereocenters. The highest BCUT2D eigenvalue weighted by molar-refractivity contribution is 5.97. The summed E-state index contributed by atoms with van der Waals surface area (Å²) < 4.78 is 2.21. The number of hydrogen-bond donors (Lipinski definition) is 3. The number of nitrogens with zero attached hydrogens (tertiary/aromatic N) is 1. The van der Waals surface area contributed by atoms with Crippen LogP contribution in [-0.4, -0.2) is 28.7 Å². The average molecular weight is 317 g/mol. The molecule has 1 heterocycles. The first-order valence-electron chi connectivity index (χ1n) is 8.02. The summed E-state index contributed by atoms with van der Waals surface area (Å²) >= 11 is 0. The van der Waals surface area contributed by atoms with Crippen molar-refractivity contribution in [1.29, 1.82) is 0 Å². The summed E-state index contributed by atoms with van der Waals surface area (Å²) in [6.07, 6.45) is 0.729. The van der Waals surface area contributed by atoms with E-state index in [-0.39, 0.29) is 5.41 Å². The Bertz CT molecular complexity index is 739. The van der Waals surface area contributed by atoms with Gasteiger partial charge in [-0.15, -0.1) is 0 Å². The van der Waals surface area contributed by atoms with Gasteiger partial charge in [0.1, 0.15) is 0 Å². The predicted octanol–water partition coefficient (Wildman–Crippen LogP) is 2.41. The molecule has 5 N–H and O–H groups in total. The van der Waals surface area contributed by atoms with Gasteiger partial charge in [0.25, 0.3) is 0 Å². The van der Waals surface area contributed by atoms with Crippen LogP contribution in [0.25, 0.3) is 10.9 Å². The Hall–Kier alpha value is -1.85. The molecule has 0 spiro atoms. The lowest BCUT2D eigenvalue weighted by Gasteiger charge is -2.23. The molecular weight excluding hydrogens is 290 g/mol. The highest BCUT2D eigenvalue weighted by atomic mass is 16.4. The Morgan fingerprint density at radius 1 is 1.22 bits per heavy atom. The second-order valence-corrected chi connectivity index (χ2v) is 7.02. The maximum Gasteiger partial charge on any atom is 0.335 e. The lowest BCUT2D eigenvalue weighted by Crippen LogP contribution is -2.17. The number of carboxylic acids is 1. The third-order valence-corrected chi connectivity index (χ3v) is 4.35. The maximum absolute atomic E-state index is 11.6. The average Bonchev–Trinajstić information content (AvgIpc) is 2.71. The van der Waals surface area contributed by atoms with Crippen LogP contribution in [0.1, 0.15) is 48.0 Å². The van der Waals surface area contributed by atoms with Crippen molar-refractivity contribution in [3.8, 4) is 0 Å². The van der Waals surface area contributed by atoms with Crippen LogP contribution < -0.4 is 11.5 Å². The molecule has 0 bridgehead atoms. The van der Waals surface area contributed by atoms with Gasteiger partial charge >= 0.3 is 5.97 Å². The molecule has 126 valence electrons. The number of aromatic carboxylic acids is 1. The second kappa shape index (κ2) is 6.34. The fourth-order valence-electron chi connectivity index (χ4n) is 3.24. The fourth-order valence-corrected chi connectivity index (χ4v) is 3.24. The second-order valence-electron chi connectivity index (χ2n) is 7.02. The summed E-state index contributed by atoms with van der Waals surface area (Å²) in [6.45, 7) is 10.2. The van der Waals surface area contributed by atoms with E-state index in [4.69, 9.17) is 11.5 Å². The van der Waals surface area contributed by atoms with Crippen molar-refractivity contribution in [3.05, 3.63) is 34.5 Å². The predicted molar refractivity (Wildman–Crippen MR) is 94.1 cm³/mol. The minimum Gasteiger partial charge on any atom is -0.478 e. The van der Waals surface area contributed by atoms with Gasteiger partial charge < -0.3 is 21.1 Å². The Labute approximate surface area is 137 Å². The Morgan fingerprint density at radius 3 is 2.35 bits per heavy atom. The van der Waals surface area contributed by atoms with Gasteiger partial charge in [0.15, 0.2) is 0 Å². The molecular formula is C18H27N3O2. The number of benzene rings is 1. The quantitative estimate of drug-likeness (QED) is 0.789. The molecule has 0 amide bonds. The van der Waals surface area contributed by atoms with Gasteiger partial charge in [-0.05, 0) is 48.6 Å². The number of fused-ring (bicyclic) bond motifs is 1. The van der Waals surface area contributed by atoms with Crippen LogP contribution in [0.2, 0.25) is 0 Å². The molecule has 0 aliphatic rings. The zero-order valence-corrected chi connectivity index (χ0v) is 14.4. The van der Waals surface area contributed by atoms with E-state index in [1.54, 1.807) is 12.1 Å². The highest BCUT2D eigenvalue weighted by Crippen LogP contribution is 2.36. The van der Waals surface area contributed by atoms with Gasteiger partial charge in [-0.25, -0.2) is 4.79 Å². The summed E-state index contributed by atoms with van der Waals surface area (Å²) in [5.74, 6) is -0.902. The van der Waals surface area contributed by atoms with E-state index in [0.29, 0.717) is 25.2 Å². The zero-order valence-electron chi connectivity index (χ0n) is 14.4. The van der Waals surface area contributed by atoms with Crippen molar-refractivity contribution in [1.82, 2.24) is 4.57 Å². The van der Waals surface area contributed by atoms with E-state index < -0.39 is 5.97 Å². The largest absolute Gasteiger partial charge is 0.478 e. The topological polar surface area (TPSA) is 94.3 Å². The number of aromatic nitrogens is 1. The molecule has 5 heteroatoms. The van der Waals surface area contributed by atoms with Crippen LogP contribution in [0.5, 0.6) is 0 Å². The molecule has 1 aromatic carbocycles. The Balaban J connectivity index is 2.96. The lowest BCUT2D eigenvalue weighted by molar-refractivity contribution is 0.0697. The fraction of sp³-hybridized carbons (Fsp3) is 0.500. The van der Waals surface area contributed by atoms with Crippen molar-refractivity contribution in [2.75, 3.05) is 13.1 Å². The molecule has 0 saturated heterocycles. The van der Waals surface area contributed by atoms with E-state index >= 15 is 0 Å². The van der Waals surface area contributed by atoms with Gasteiger partial charge in [0.2, 0.25) is 0 Å². The minimum absolute atomic E-state index is 0.166. The first-order valence-corrected chi connectivity index (χ1v) is 8.02. The van der Waals surface area contributed by atoms with Gasteiger partial charge in [-0.1, -0.05) is 20.8 Å². The summed E-state index contributed by atoms with van der Waals surface area (Å²) in [5.41, 5.74) is 16.1. The minimum atomic E-state index is -0.902. The highest BCUT2D eigenvalue weighted by Gasteiger charge is 2.25. The van der Waals surface area contributed by atoms with Crippen molar-refractivity contribution >= 4 is 16.9 Å². The monoisotopic (exact) mass is 317 g/mol. The number of hydrogen-bond acceptors (Lipinski definition) is 3. The smallest absolute Gasteiger partial charge is 0.335 e. The third-order valence-electron chi connectivity index (χ3n) is 4.35. The molecule has 0 aliphatic carbocycles. The summed E-state index contributed by atoms with van der Waals surface area (Å²) in [5, 5.41) is 10.5. The number of carboxylic acid groups (broad SMARTS) is 1. The van der Waals surface area contributed by atoms with E-state index in [2.05, 4.69) is 32.3 Å². The van der Waals surface area contributed by atoms with E-state index in [1.165, 1.54) is 0 Å². The van der Waals surface area contributed by atoms with Crippen LogP contribution in [0.3, 0.4) is 0 Å². The molecule has 0 saturated carbocycles. The first-order chi connectivity index (χ1) is 10.7. The molecule has 1 aromatic heterocycles. The van der Waals surface area contributed by atoms with Crippen molar-refractivity contribution in [2.24, 2.45) is 11.5 Å². The van der Waals surface area contributed by atoms with E-state index in [1.807, 2.05) is 0 Å². The van der Waals surface area contributed by atoms with E-state index in [9.17, 15) is 9.90 Å². The van der Waals surface area contributed by atoms with Gasteiger partial charge in [-0.2, -0.15) is 0 Å². The summed E-state index contributed by atoms with van der Waals surface area (Å²) in [4.78, 5) is 11.6. The SMILES string of the molecule is Cc1c(CCN)c2cc(C(=O)O)cc(C(C)(C)C)c2n1CCN. The van der Waals surface area contributed by atoms with Crippen LogP contribution in [0.4, 0.5) is 0 Å². The van der Waals surface area contributed by atoms with Crippen molar-refractivity contribution in [3.63, 3.8) is 0 Å². The first kappa shape index (κ1) is 17.5. The molecule has 0 radical (unpaired) electrons. The zero-order chi connectivity index (χ0) is 17.4. The van der Waals surface area contributed by atoms with Crippen LogP contribution in [-0.2, 0) is 18.4 Å².